The van der Waals surface area contributed by atoms with Crippen molar-refractivity contribution in [2.45, 2.75) is 19.9 Å². The summed E-state index contributed by atoms with van der Waals surface area (Å²) in [4.78, 5) is 25.5. The maximum Gasteiger partial charge on any atom is 0.273 e. The van der Waals surface area contributed by atoms with Gasteiger partial charge in [-0.1, -0.05) is 0 Å². The molecule has 2 aromatic heterocycles. The minimum Gasteiger partial charge on any atom is -0.379 e. The molecule has 25 heavy (non-hydrogen) atoms. The van der Waals surface area contributed by atoms with E-state index in [0.717, 1.165) is 44.3 Å². The van der Waals surface area contributed by atoms with Gasteiger partial charge in [0.1, 0.15) is 10.7 Å². The van der Waals surface area contributed by atoms with E-state index in [2.05, 4.69) is 14.9 Å². The molecule has 0 radical (unpaired) electrons. The first-order chi connectivity index (χ1) is 12.3. The first kappa shape index (κ1) is 18.0. The van der Waals surface area contributed by atoms with Crippen molar-refractivity contribution in [1.29, 1.82) is 0 Å². The Labute approximate surface area is 152 Å². The van der Waals surface area contributed by atoms with Gasteiger partial charge in [0.15, 0.2) is 0 Å². The summed E-state index contributed by atoms with van der Waals surface area (Å²) in [6, 6.07) is 3.98. The molecule has 3 rings (SSSR count). The van der Waals surface area contributed by atoms with E-state index in [9.17, 15) is 4.79 Å². The van der Waals surface area contributed by atoms with Crippen LogP contribution in [0.3, 0.4) is 0 Å². The second kappa shape index (κ2) is 9.03. The molecule has 1 fully saturated rings. The third-order valence-electron chi connectivity index (χ3n) is 4.32. The molecule has 0 aliphatic carbocycles. The van der Waals surface area contributed by atoms with Crippen LogP contribution in [0.4, 0.5) is 0 Å². The van der Waals surface area contributed by atoms with Crippen molar-refractivity contribution in [3.8, 4) is 0 Å². The average molecular weight is 360 g/mol. The Morgan fingerprint density at radius 2 is 2.08 bits per heavy atom. The standard InChI is InChI=1S/C18H24N4O2S/c1-2-22(8-5-15-3-6-19-7-4-15)18(23)16-14-25-17(20-16)13-21-9-11-24-12-10-21/h3-4,6-7,14H,2,5,8-13H2,1H3. The maximum absolute atomic E-state index is 12.7. The summed E-state index contributed by atoms with van der Waals surface area (Å²) in [6.45, 7) is 7.57. The van der Waals surface area contributed by atoms with Gasteiger partial charge in [-0.25, -0.2) is 4.98 Å². The second-order valence-corrected chi connectivity index (χ2v) is 6.95. The fourth-order valence-corrected chi connectivity index (χ4v) is 3.62. The van der Waals surface area contributed by atoms with Crippen LogP contribution < -0.4 is 0 Å². The Morgan fingerprint density at radius 3 is 2.80 bits per heavy atom. The van der Waals surface area contributed by atoms with Crippen LogP contribution in [0, 0.1) is 0 Å². The number of ether oxygens (including phenoxy) is 1. The van der Waals surface area contributed by atoms with Gasteiger partial charge < -0.3 is 9.64 Å². The quantitative estimate of drug-likeness (QED) is 0.757. The molecule has 0 atom stereocenters. The molecule has 3 heterocycles. The van der Waals surface area contributed by atoms with Gasteiger partial charge in [-0.05, 0) is 31.0 Å². The first-order valence-corrected chi connectivity index (χ1v) is 9.57. The SMILES string of the molecule is CCN(CCc1ccncc1)C(=O)c1csc(CN2CCOCC2)n1. The van der Waals surface area contributed by atoms with Crippen LogP contribution >= 0.6 is 11.3 Å². The molecular weight excluding hydrogens is 336 g/mol. The van der Waals surface area contributed by atoms with E-state index in [-0.39, 0.29) is 5.91 Å². The highest BCUT2D eigenvalue weighted by Crippen LogP contribution is 2.15. The van der Waals surface area contributed by atoms with Crippen LogP contribution in [0.1, 0.15) is 28.0 Å². The molecule has 0 unspecified atom stereocenters. The van der Waals surface area contributed by atoms with Crippen molar-refractivity contribution in [3.05, 3.63) is 46.2 Å². The summed E-state index contributed by atoms with van der Waals surface area (Å²) in [5, 5.41) is 2.88. The topological polar surface area (TPSA) is 58.6 Å². The minimum absolute atomic E-state index is 0.0148. The normalized spacial score (nSPS) is 15.2. The predicted octanol–water partition coefficient (Wildman–Crippen LogP) is 2.08. The molecule has 0 bridgehead atoms. The Morgan fingerprint density at radius 1 is 1.32 bits per heavy atom. The number of rotatable bonds is 7. The first-order valence-electron chi connectivity index (χ1n) is 8.69. The van der Waals surface area contributed by atoms with Gasteiger partial charge in [-0.3, -0.25) is 14.7 Å². The summed E-state index contributed by atoms with van der Waals surface area (Å²) in [5.74, 6) is 0.0148. The van der Waals surface area contributed by atoms with E-state index in [4.69, 9.17) is 4.74 Å². The number of hydrogen-bond acceptors (Lipinski definition) is 6. The molecule has 0 saturated carbocycles. The lowest BCUT2D eigenvalue weighted by molar-refractivity contribution is 0.0341. The lowest BCUT2D eigenvalue weighted by Gasteiger charge is -2.25. The molecule has 1 amide bonds. The lowest BCUT2D eigenvalue weighted by atomic mass is 10.2. The summed E-state index contributed by atoms with van der Waals surface area (Å²) in [7, 11) is 0. The highest BCUT2D eigenvalue weighted by molar-refractivity contribution is 7.09. The summed E-state index contributed by atoms with van der Waals surface area (Å²) in [5.41, 5.74) is 1.75. The van der Waals surface area contributed by atoms with Crippen LogP contribution in [0.25, 0.3) is 0 Å². The summed E-state index contributed by atoms with van der Waals surface area (Å²) >= 11 is 1.56. The Kier molecular flexibility index (Phi) is 6.49. The number of nitrogens with zero attached hydrogens (tertiary/aromatic N) is 4. The predicted molar refractivity (Wildman–Crippen MR) is 97.7 cm³/mol. The van der Waals surface area contributed by atoms with Gasteiger partial charge in [-0.15, -0.1) is 11.3 Å². The van der Waals surface area contributed by atoms with Crippen LogP contribution in [0.15, 0.2) is 29.9 Å². The molecule has 134 valence electrons. The van der Waals surface area contributed by atoms with Crippen molar-refractivity contribution in [2.75, 3.05) is 39.4 Å². The number of carbonyl (C=O) groups is 1. The van der Waals surface area contributed by atoms with Crippen LogP contribution in [-0.4, -0.2) is 65.1 Å². The Hall–Kier alpha value is -1.83. The highest BCUT2D eigenvalue weighted by atomic mass is 32.1. The number of carbonyl (C=O) groups excluding carboxylic acids is 1. The molecule has 0 N–H and O–H groups in total. The fourth-order valence-electron chi connectivity index (χ4n) is 2.81. The van der Waals surface area contributed by atoms with E-state index in [1.807, 2.05) is 29.3 Å². The molecule has 7 heteroatoms. The number of pyridine rings is 1. The Bertz CT molecular complexity index is 671. The lowest BCUT2D eigenvalue weighted by Crippen LogP contribution is -2.35. The third-order valence-corrected chi connectivity index (χ3v) is 5.16. The van der Waals surface area contributed by atoms with Gasteiger partial charge in [0.05, 0.1) is 19.8 Å². The van der Waals surface area contributed by atoms with E-state index >= 15 is 0 Å². The van der Waals surface area contributed by atoms with Gasteiger partial charge in [0, 0.05) is 44.0 Å². The number of likely N-dealkylation sites (N-methyl/N-ethyl adjacent to an activating group) is 1. The zero-order valence-corrected chi connectivity index (χ0v) is 15.4. The van der Waals surface area contributed by atoms with Gasteiger partial charge in [-0.2, -0.15) is 0 Å². The monoisotopic (exact) mass is 360 g/mol. The zero-order valence-electron chi connectivity index (χ0n) is 14.6. The summed E-state index contributed by atoms with van der Waals surface area (Å²) in [6.07, 6.45) is 4.39. The molecule has 1 aliphatic heterocycles. The molecule has 0 aromatic carbocycles. The number of hydrogen-bond donors (Lipinski definition) is 0. The fraction of sp³-hybridized carbons (Fsp3) is 0.500. The number of thiazole rings is 1. The van der Waals surface area contributed by atoms with Crippen LogP contribution in [0.2, 0.25) is 0 Å². The van der Waals surface area contributed by atoms with Gasteiger partial charge >= 0.3 is 0 Å². The second-order valence-electron chi connectivity index (χ2n) is 6.01. The highest BCUT2D eigenvalue weighted by Gasteiger charge is 2.19. The number of morpholine rings is 1. The van der Waals surface area contributed by atoms with Gasteiger partial charge in [0.25, 0.3) is 5.91 Å². The molecule has 1 saturated heterocycles. The van der Waals surface area contributed by atoms with Crippen molar-refractivity contribution in [3.63, 3.8) is 0 Å². The van der Waals surface area contributed by atoms with Crippen LogP contribution in [-0.2, 0) is 17.7 Å². The zero-order chi connectivity index (χ0) is 17.5. The molecular formula is C18H24N4O2S. The van der Waals surface area contributed by atoms with Gasteiger partial charge in [0.2, 0.25) is 0 Å². The molecule has 1 aliphatic rings. The van der Waals surface area contributed by atoms with Crippen molar-refractivity contribution < 1.29 is 9.53 Å². The third kappa shape index (κ3) is 5.07. The largest absolute Gasteiger partial charge is 0.379 e. The Balaban J connectivity index is 1.56. The minimum atomic E-state index is 0.0148. The van der Waals surface area contributed by atoms with E-state index < -0.39 is 0 Å². The molecule has 0 spiro atoms. The van der Waals surface area contributed by atoms with Crippen molar-refractivity contribution in [1.82, 2.24) is 19.8 Å². The van der Waals surface area contributed by atoms with Crippen LogP contribution in [0.5, 0.6) is 0 Å². The summed E-state index contributed by atoms with van der Waals surface area (Å²) < 4.78 is 5.37. The molecule has 6 nitrogen and oxygen atoms in total. The number of amides is 1. The molecule has 2 aromatic rings. The van der Waals surface area contributed by atoms with E-state index in [0.29, 0.717) is 18.8 Å². The number of aromatic nitrogens is 2. The van der Waals surface area contributed by atoms with E-state index in [1.165, 1.54) is 5.56 Å². The maximum atomic E-state index is 12.7. The van der Waals surface area contributed by atoms with E-state index in [1.54, 1.807) is 23.7 Å². The van der Waals surface area contributed by atoms with Crippen molar-refractivity contribution >= 4 is 17.2 Å². The van der Waals surface area contributed by atoms with Crippen molar-refractivity contribution in [2.24, 2.45) is 0 Å². The average Bonchev–Trinajstić information content (AvgIpc) is 3.12. The smallest absolute Gasteiger partial charge is 0.273 e.